The number of nitrogens with zero attached hydrogens (tertiary/aromatic N) is 1. The number of esters is 2. The molecule has 0 spiro atoms. The molecular formula is C18H23NO7. The van der Waals surface area contributed by atoms with Gasteiger partial charge in [-0.05, 0) is 38.0 Å². The van der Waals surface area contributed by atoms with Gasteiger partial charge in [0.05, 0.1) is 32.3 Å². The maximum absolute atomic E-state index is 12.5. The zero-order chi connectivity index (χ0) is 19.1. The highest BCUT2D eigenvalue weighted by Gasteiger charge is 2.31. The van der Waals surface area contributed by atoms with Crippen LogP contribution in [0.5, 0.6) is 11.5 Å². The summed E-state index contributed by atoms with van der Waals surface area (Å²) < 4.78 is 20.3. The predicted molar refractivity (Wildman–Crippen MR) is 91.3 cm³/mol. The normalized spacial score (nSPS) is 16.6. The summed E-state index contributed by atoms with van der Waals surface area (Å²) >= 11 is 0. The molecule has 1 aromatic rings. The van der Waals surface area contributed by atoms with E-state index in [0.717, 1.165) is 0 Å². The van der Waals surface area contributed by atoms with Crippen LogP contribution >= 0.6 is 0 Å². The molecule has 0 aliphatic carbocycles. The van der Waals surface area contributed by atoms with Crippen molar-refractivity contribution in [3.63, 3.8) is 0 Å². The summed E-state index contributed by atoms with van der Waals surface area (Å²) in [5.74, 6) is -0.961. The van der Waals surface area contributed by atoms with Crippen molar-refractivity contribution in [1.82, 2.24) is 4.90 Å². The van der Waals surface area contributed by atoms with Crippen molar-refractivity contribution < 1.29 is 33.3 Å². The lowest BCUT2D eigenvalue weighted by molar-refractivity contribution is -0.140. The second-order valence-electron chi connectivity index (χ2n) is 5.76. The minimum absolute atomic E-state index is 0.207. The summed E-state index contributed by atoms with van der Waals surface area (Å²) in [6, 6.07) is 4.41. The Morgan fingerprint density at radius 1 is 1.19 bits per heavy atom. The summed E-state index contributed by atoms with van der Waals surface area (Å²) in [6.07, 6.45) is 0.888. The number of likely N-dealkylation sites (tertiary alicyclic amines) is 1. The van der Waals surface area contributed by atoms with Crippen molar-refractivity contribution in [2.24, 2.45) is 5.92 Å². The van der Waals surface area contributed by atoms with E-state index in [1.54, 1.807) is 6.92 Å². The number of ether oxygens (including phenoxy) is 4. The lowest BCUT2D eigenvalue weighted by atomic mass is 9.98. The van der Waals surface area contributed by atoms with Gasteiger partial charge in [-0.15, -0.1) is 0 Å². The molecule has 1 aromatic carbocycles. The van der Waals surface area contributed by atoms with E-state index < -0.39 is 23.9 Å². The molecule has 1 aliphatic heterocycles. The number of amides is 1. The summed E-state index contributed by atoms with van der Waals surface area (Å²) in [6.45, 7) is 2.83. The number of hydrogen-bond donors (Lipinski definition) is 0. The van der Waals surface area contributed by atoms with Crippen LogP contribution in [0.4, 0.5) is 4.79 Å². The maximum atomic E-state index is 12.5. The molecule has 142 valence electrons. The first-order chi connectivity index (χ1) is 12.5. The van der Waals surface area contributed by atoms with E-state index in [1.165, 1.54) is 37.3 Å². The number of methoxy groups -OCH3 is 2. The number of carbonyl (C=O) groups excluding carboxylic acids is 3. The predicted octanol–water partition coefficient (Wildman–Crippen LogP) is 2.26. The molecule has 1 aliphatic rings. The van der Waals surface area contributed by atoms with Crippen LogP contribution in [0.3, 0.4) is 0 Å². The topological polar surface area (TPSA) is 91.4 Å². The second kappa shape index (κ2) is 9.07. The van der Waals surface area contributed by atoms with Gasteiger partial charge in [0, 0.05) is 13.1 Å². The molecule has 1 fully saturated rings. The fourth-order valence-corrected chi connectivity index (χ4v) is 2.74. The standard InChI is InChI=1S/C18H23NO7/c1-4-25-18(22)19-9-5-6-13(11-19)17(21)26-14-8-7-12(16(20)24-3)10-15(14)23-2/h7-8,10,13H,4-6,9,11H2,1-3H3/t13-/m0/s1. The SMILES string of the molecule is CCOC(=O)N1CCC[C@H](C(=O)Oc2ccc(C(=O)OC)cc2OC)C1. The van der Waals surface area contributed by atoms with Crippen LogP contribution in [0.15, 0.2) is 18.2 Å². The molecule has 8 nitrogen and oxygen atoms in total. The van der Waals surface area contributed by atoms with E-state index >= 15 is 0 Å². The van der Waals surface area contributed by atoms with Crippen LogP contribution in [0.25, 0.3) is 0 Å². The highest BCUT2D eigenvalue weighted by atomic mass is 16.6. The summed E-state index contributed by atoms with van der Waals surface area (Å²) in [5.41, 5.74) is 0.287. The van der Waals surface area contributed by atoms with Crippen molar-refractivity contribution >= 4 is 18.0 Å². The van der Waals surface area contributed by atoms with Crippen LogP contribution in [0.1, 0.15) is 30.1 Å². The van der Waals surface area contributed by atoms with Gasteiger partial charge >= 0.3 is 18.0 Å². The first-order valence-corrected chi connectivity index (χ1v) is 8.39. The Hall–Kier alpha value is -2.77. The van der Waals surface area contributed by atoms with Gasteiger partial charge in [0.1, 0.15) is 0 Å². The lowest BCUT2D eigenvalue weighted by Crippen LogP contribution is -2.43. The molecule has 26 heavy (non-hydrogen) atoms. The molecule has 0 radical (unpaired) electrons. The van der Waals surface area contributed by atoms with Gasteiger partial charge in [-0.25, -0.2) is 9.59 Å². The van der Waals surface area contributed by atoms with Crippen LogP contribution in [0.2, 0.25) is 0 Å². The third kappa shape index (κ3) is 4.65. The number of hydrogen-bond acceptors (Lipinski definition) is 7. The van der Waals surface area contributed by atoms with E-state index in [1.807, 2.05) is 0 Å². The van der Waals surface area contributed by atoms with E-state index in [-0.39, 0.29) is 30.2 Å². The molecule has 0 aromatic heterocycles. The van der Waals surface area contributed by atoms with E-state index in [4.69, 9.17) is 14.2 Å². The third-order valence-corrected chi connectivity index (χ3v) is 4.08. The van der Waals surface area contributed by atoms with Crippen LogP contribution in [0, 0.1) is 5.92 Å². The second-order valence-corrected chi connectivity index (χ2v) is 5.76. The molecule has 1 heterocycles. The van der Waals surface area contributed by atoms with E-state index in [2.05, 4.69) is 4.74 Å². The monoisotopic (exact) mass is 365 g/mol. The minimum atomic E-state index is -0.515. The molecule has 1 amide bonds. The van der Waals surface area contributed by atoms with E-state index in [0.29, 0.717) is 19.4 Å². The average molecular weight is 365 g/mol. The Labute approximate surface area is 152 Å². The molecule has 0 bridgehead atoms. The first-order valence-electron chi connectivity index (χ1n) is 8.39. The van der Waals surface area contributed by atoms with Gasteiger partial charge in [0.25, 0.3) is 0 Å². The smallest absolute Gasteiger partial charge is 0.409 e. The number of piperidine rings is 1. The Morgan fingerprint density at radius 2 is 1.96 bits per heavy atom. The zero-order valence-electron chi connectivity index (χ0n) is 15.1. The van der Waals surface area contributed by atoms with Gasteiger partial charge < -0.3 is 23.8 Å². The van der Waals surface area contributed by atoms with Crippen molar-refractivity contribution in [1.29, 1.82) is 0 Å². The minimum Gasteiger partial charge on any atom is -0.493 e. The third-order valence-electron chi connectivity index (χ3n) is 4.08. The Balaban J connectivity index is 2.06. The van der Waals surface area contributed by atoms with Gasteiger partial charge in [-0.2, -0.15) is 0 Å². The van der Waals surface area contributed by atoms with Crippen molar-refractivity contribution in [2.75, 3.05) is 33.9 Å². The zero-order valence-corrected chi connectivity index (χ0v) is 15.1. The first kappa shape index (κ1) is 19.6. The molecular weight excluding hydrogens is 342 g/mol. The molecule has 0 saturated carbocycles. The van der Waals surface area contributed by atoms with Gasteiger partial charge in [0.15, 0.2) is 11.5 Å². The highest BCUT2D eigenvalue weighted by Crippen LogP contribution is 2.30. The van der Waals surface area contributed by atoms with Crippen molar-refractivity contribution in [3.8, 4) is 11.5 Å². The maximum Gasteiger partial charge on any atom is 0.409 e. The summed E-state index contributed by atoms with van der Waals surface area (Å²) in [7, 11) is 2.69. The van der Waals surface area contributed by atoms with Crippen molar-refractivity contribution in [3.05, 3.63) is 23.8 Å². The lowest BCUT2D eigenvalue weighted by Gasteiger charge is -2.30. The number of carbonyl (C=O) groups is 3. The Morgan fingerprint density at radius 3 is 2.62 bits per heavy atom. The molecule has 0 unspecified atom stereocenters. The molecule has 8 heteroatoms. The van der Waals surface area contributed by atoms with Gasteiger partial charge in [-0.3, -0.25) is 4.79 Å². The van der Waals surface area contributed by atoms with E-state index in [9.17, 15) is 14.4 Å². The molecule has 1 saturated heterocycles. The molecule has 2 rings (SSSR count). The molecule has 0 N–H and O–H groups in total. The fraction of sp³-hybridized carbons (Fsp3) is 0.500. The molecule has 1 atom stereocenters. The van der Waals surface area contributed by atoms with Crippen LogP contribution in [-0.2, 0) is 14.3 Å². The fourth-order valence-electron chi connectivity index (χ4n) is 2.74. The summed E-state index contributed by atoms with van der Waals surface area (Å²) in [4.78, 5) is 37.4. The van der Waals surface area contributed by atoms with Gasteiger partial charge in [0.2, 0.25) is 0 Å². The summed E-state index contributed by atoms with van der Waals surface area (Å²) in [5, 5.41) is 0. The number of rotatable bonds is 5. The van der Waals surface area contributed by atoms with Crippen LogP contribution < -0.4 is 9.47 Å². The Bertz CT molecular complexity index is 674. The highest BCUT2D eigenvalue weighted by molar-refractivity contribution is 5.90. The van der Waals surface area contributed by atoms with Crippen molar-refractivity contribution in [2.45, 2.75) is 19.8 Å². The quantitative estimate of drug-likeness (QED) is 0.584. The average Bonchev–Trinajstić information content (AvgIpc) is 2.67. The Kier molecular flexibility index (Phi) is 6.82. The van der Waals surface area contributed by atoms with Crippen LogP contribution in [-0.4, -0.2) is 56.8 Å². The van der Waals surface area contributed by atoms with Gasteiger partial charge in [-0.1, -0.05) is 0 Å². The number of benzene rings is 1. The largest absolute Gasteiger partial charge is 0.493 e.